The number of carboxylic acid groups (broad SMARTS) is 1. The fourth-order valence-electron chi connectivity index (χ4n) is 2.37. The zero-order valence-corrected chi connectivity index (χ0v) is 9.81. The predicted molar refractivity (Wildman–Crippen MR) is 59.6 cm³/mol. The first kappa shape index (κ1) is 12.5. The number of hydrogen-bond acceptors (Lipinski definition) is 3. The molecule has 0 radical (unpaired) electrons. The van der Waals surface area contributed by atoms with E-state index in [9.17, 15) is 4.79 Å². The van der Waals surface area contributed by atoms with E-state index in [0.717, 1.165) is 13.0 Å². The summed E-state index contributed by atoms with van der Waals surface area (Å²) in [5.74, 6) is -0.564. The van der Waals surface area contributed by atoms with Crippen LogP contribution in [0.25, 0.3) is 0 Å². The molecule has 1 aliphatic rings. The first-order valence-corrected chi connectivity index (χ1v) is 5.62. The van der Waals surface area contributed by atoms with Gasteiger partial charge in [0.1, 0.15) is 0 Å². The van der Waals surface area contributed by atoms with E-state index in [1.165, 1.54) is 0 Å². The molecule has 3 atom stereocenters. The molecule has 0 bridgehead atoms. The minimum absolute atomic E-state index is 0.208. The highest BCUT2D eigenvalue weighted by Crippen LogP contribution is 2.25. The number of aliphatic carboxylic acids is 1. The number of piperidine rings is 1. The summed E-state index contributed by atoms with van der Waals surface area (Å²) < 4.78 is 0. The fourth-order valence-corrected chi connectivity index (χ4v) is 2.37. The van der Waals surface area contributed by atoms with E-state index in [1.54, 1.807) is 0 Å². The molecule has 4 heteroatoms. The van der Waals surface area contributed by atoms with Gasteiger partial charge in [-0.1, -0.05) is 13.8 Å². The van der Waals surface area contributed by atoms with Gasteiger partial charge in [-0.3, -0.25) is 4.79 Å². The van der Waals surface area contributed by atoms with Crippen molar-refractivity contribution >= 4 is 5.97 Å². The van der Waals surface area contributed by atoms with E-state index in [2.05, 4.69) is 18.7 Å². The maximum absolute atomic E-state index is 11.0. The molecule has 15 heavy (non-hydrogen) atoms. The quantitative estimate of drug-likeness (QED) is 0.728. The minimum Gasteiger partial charge on any atom is -0.481 e. The molecular formula is C11H22N2O2. The molecule has 0 aromatic carbocycles. The van der Waals surface area contributed by atoms with Gasteiger partial charge >= 0.3 is 5.97 Å². The van der Waals surface area contributed by atoms with Crippen LogP contribution in [-0.2, 0) is 4.79 Å². The lowest BCUT2D eigenvalue weighted by Gasteiger charge is -2.41. The number of carboxylic acids is 1. The predicted octanol–water partition coefficient (Wildman–Crippen LogP) is 0.765. The molecule has 3 unspecified atom stereocenters. The van der Waals surface area contributed by atoms with Crippen molar-refractivity contribution in [3.63, 3.8) is 0 Å². The van der Waals surface area contributed by atoms with Crippen LogP contribution in [-0.4, -0.2) is 41.7 Å². The summed E-state index contributed by atoms with van der Waals surface area (Å²) in [6.45, 7) is 5.12. The standard InChI is InChI=1S/C11H22N2O2/c1-7(2)6-9-10(12)8(11(14)15)4-5-13(9)3/h7-10H,4-6,12H2,1-3H3,(H,14,15). The van der Waals surface area contributed by atoms with Crippen LogP contribution in [0.15, 0.2) is 0 Å². The van der Waals surface area contributed by atoms with Crippen LogP contribution < -0.4 is 5.73 Å². The number of carbonyl (C=O) groups is 1. The Labute approximate surface area is 91.4 Å². The number of likely N-dealkylation sites (tertiary alicyclic amines) is 1. The van der Waals surface area contributed by atoms with Crippen molar-refractivity contribution in [3.05, 3.63) is 0 Å². The van der Waals surface area contributed by atoms with Gasteiger partial charge in [-0.15, -0.1) is 0 Å². The molecule has 0 aromatic rings. The average molecular weight is 214 g/mol. The van der Waals surface area contributed by atoms with Crippen LogP contribution in [0.4, 0.5) is 0 Å². The van der Waals surface area contributed by atoms with Crippen molar-refractivity contribution in [2.24, 2.45) is 17.6 Å². The van der Waals surface area contributed by atoms with Crippen molar-refractivity contribution in [2.75, 3.05) is 13.6 Å². The topological polar surface area (TPSA) is 66.6 Å². The highest BCUT2D eigenvalue weighted by molar-refractivity contribution is 5.71. The van der Waals surface area contributed by atoms with Crippen molar-refractivity contribution in [3.8, 4) is 0 Å². The van der Waals surface area contributed by atoms with Crippen molar-refractivity contribution in [1.29, 1.82) is 0 Å². The Morgan fingerprint density at radius 1 is 1.60 bits per heavy atom. The summed E-state index contributed by atoms with van der Waals surface area (Å²) in [7, 11) is 2.03. The normalized spacial score (nSPS) is 33.3. The number of hydrogen-bond donors (Lipinski definition) is 2. The summed E-state index contributed by atoms with van der Waals surface area (Å²) in [4.78, 5) is 13.2. The van der Waals surface area contributed by atoms with Crippen LogP contribution in [0, 0.1) is 11.8 Å². The van der Waals surface area contributed by atoms with Gasteiger partial charge in [0.05, 0.1) is 5.92 Å². The Morgan fingerprint density at radius 3 is 2.67 bits per heavy atom. The van der Waals surface area contributed by atoms with Gasteiger partial charge in [0.2, 0.25) is 0 Å². The SMILES string of the molecule is CC(C)CC1C(N)C(C(=O)O)CCN1C. The van der Waals surface area contributed by atoms with E-state index in [-0.39, 0.29) is 18.0 Å². The van der Waals surface area contributed by atoms with Crippen LogP contribution in [0.2, 0.25) is 0 Å². The summed E-state index contributed by atoms with van der Waals surface area (Å²) in [6, 6.07) is -0.0245. The molecule has 1 rings (SSSR count). The number of nitrogens with two attached hydrogens (primary N) is 1. The van der Waals surface area contributed by atoms with E-state index < -0.39 is 5.97 Å². The van der Waals surface area contributed by atoms with Gasteiger partial charge in [-0.2, -0.15) is 0 Å². The lowest BCUT2D eigenvalue weighted by atomic mass is 9.83. The van der Waals surface area contributed by atoms with Crippen LogP contribution >= 0.6 is 0 Å². The third-order valence-electron chi connectivity index (χ3n) is 3.30. The molecule has 1 fully saturated rings. The van der Waals surface area contributed by atoms with Crippen molar-refractivity contribution in [2.45, 2.75) is 38.8 Å². The molecule has 3 N–H and O–H groups in total. The molecule has 4 nitrogen and oxygen atoms in total. The summed E-state index contributed by atoms with van der Waals surface area (Å²) in [6.07, 6.45) is 1.64. The molecule has 0 amide bonds. The molecule has 0 saturated carbocycles. The first-order valence-electron chi connectivity index (χ1n) is 5.62. The number of rotatable bonds is 3. The van der Waals surface area contributed by atoms with Gasteiger partial charge in [0.25, 0.3) is 0 Å². The molecule has 0 aliphatic carbocycles. The lowest BCUT2D eigenvalue weighted by Crippen LogP contribution is -2.57. The summed E-state index contributed by atoms with van der Waals surface area (Å²) in [5.41, 5.74) is 6.04. The van der Waals surface area contributed by atoms with E-state index in [0.29, 0.717) is 12.3 Å². The van der Waals surface area contributed by atoms with E-state index in [4.69, 9.17) is 10.8 Å². The Morgan fingerprint density at radius 2 is 2.20 bits per heavy atom. The molecule has 0 spiro atoms. The van der Waals surface area contributed by atoms with Gasteiger partial charge in [0.15, 0.2) is 0 Å². The van der Waals surface area contributed by atoms with Gasteiger partial charge in [0, 0.05) is 12.1 Å². The van der Waals surface area contributed by atoms with Crippen LogP contribution in [0.1, 0.15) is 26.7 Å². The molecule has 1 saturated heterocycles. The van der Waals surface area contributed by atoms with Crippen molar-refractivity contribution in [1.82, 2.24) is 4.90 Å². The average Bonchev–Trinajstić information content (AvgIpc) is 2.11. The maximum atomic E-state index is 11.0. The smallest absolute Gasteiger partial charge is 0.308 e. The second-order valence-corrected chi connectivity index (χ2v) is 4.99. The van der Waals surface area contributed by atoms with E-state index >= 15 is 0 Å². The Bertz CT molecular complexity index is 231. The fraction of sp³-hybridized carbons (Fsp3) is 0.909. The zero-order valence-electron chi connectivity index (χ0n) is 9.81. The molecular weight excluding hydrogens is 192 g/mol. The highest BCUT2D eigenvalue weighted by Gasteiger charge is 2.37. The Balaban J connectivity index is 2.69. The monoisotopic (exact) mass is 214 g/mol. The Kier molecular flexibility index (Phi) is 4.11. The summed E-state index contributed by atoms with van der Waals surface area (Å²) in [5, 5.41) is 9.05. The van der Waals surface area contributed by atoms with Gasteiger partial charge < -0.3 is 15.7 Å². The lowest BCUT2D eigenvalue weighted by molar-refractivity contribution is -0.144. The summed E-state index contributed by atoms with van der Waals surface area (Å²) >= 11 is 0. The number of likely N-dealkylation sites (N-methyl/N-ethyl adjacent to an activating group) is 1. The maximum Gasteiger partial charge on any atom is 0.308 e. The minimum atomic E-state index is -0.746. The largest absolute Gasteiger partial charge is 0.481 e. The molecule has 1 heterocycles. The third kappa shape index (κ3) is 2.92. The Hall–Kier alpha value is -0.610. The van der Waals surface area contributed by atoms with Crippen LogP contribution in [0.3, 0.4) is 0 Å². The van der Waals surface area contributed by atoms with Gasteiger partial charge in [-0.25, -0.2) is 0 Å². The molecule has 1 aliphatic heterocycles. The molecule has 88 valence electrons. The third-order valence-corrected chi connectivity index (χ3v) is 3.30. The van der Waals surface area contributed by atoms with Crippen LogP contribution in [0.5, 0.6) is 0 Å². The zero-order chi connectivity index (χ0) is 11.6. The van der Waals surface area contributed by atoms with E-state index in [1.807, 2.05) is 7.05 Å². The second-order valence-electron chi connectivity index (χ2n) is 4.99. The van der Waals surface area contributed by atoms with Crippen molar-refractivity contribution < 1.29 is 9.90 Å². The number of nitrogens with zero attached hydrogens (tertiary/aromatic N) is 1. The highest BCUT2D eigenvalue weighted by atomic mass is 16.4. The molecule has 0 aromatic heterocycles. The first-order chi connectivity index (χ1) is 6.93. The second kappa shape index (κ2) is 4.94. The van der Waals surface area contributed by atoms with Gasteiger partial charge in [-0.05, 0) is 32.4 Å².